The quantitative estimate of drug-likeness (QED) is 0.546. The fourth-order valence-electron chi connectivity index (χ4n) is 2.65. The number of aromatic nitrogens is 3. The molecule has 0 aliphatic carbocycles. The van der Waals surface area contributed by atoms with Crippen molar-refractivity contribution in [2.24, 2.45) is 0 Å². The second kappa shape index (κ2) is 8.71. The SMILES string of the molecule is CCc1ccc(-n2c(C)nnc2SCC(=O)Nc2ccc(C)cc2Br)cc1. The molecule has 1 heterocycles. The molecule has 140 valence electrons. The van der Waals surface area contributed by atoms with E-state index in [0.29, 0.717) is 5.16 Å². The van der Waals surface area contributed by atoms with Crippen LogP contribution in [-0.2, 0) is 11.2 Å². The molecule has 0 spiro atoms. The molecule has 0 aliphatic heterocycles. The van der Waals surface area contributed by atoms with E-state index in [4.69, 9.17) is 0 Å². The van der Waals surface area contributed by atoms with Crippen LogP contribution < -0.4 is 5.32 Å². The first-order valence-corrected chi connectivity index (χ1v) is 10.5. The van der Waals surface area contributed by atoms with Gasteiger partial charge in [-0.1, -0.05) is 36.9 Å². The zero-order chi connectivity index (χ0) is 19.4. The number of nitrogens with one attached hydrogen (secondary N) is 1. The highest BCUT2D eigenvalue weighted by Crippen LogP contribution is 2.25. The number of hydrogen-bond donors (Lipinski definition) is 1. The van der Waals surface area contributed by atoms with Gasteiger partial charge in [0.05, 0.1) is 11.4 Å². The molecular formula is C20H21BrN4OS. The highest BCUT2D eigenvalue weighted by atomic mass is 79.9. The summed E-state index contributed by atoms with van der Waals surface area (Å²) in [6.07, 6.45) is 0.998. The predicted molar refractivity (Wildman–Crippen MR) is 114 cm³/mol. The van der Waals surface area contributed by atoms with Crippen LogP contribution in [0.5, 0.6) is 0 Å². The van der Waals surface area contributed by atoms with Crippen LogP contribution in [0.15, 0.2) is 52.1 Å². The van der Waals surface area contributed by atoms with Gasteiger partial charge in [0, 0.05) is 10.2 Å². The van der Waals surface area contributed by atoms with Gasteiger partial charge in [-0.2, -0.15) is 0 Å². The average molecular weight is 445 g/mol. The Labute approximate surface area is 171 Å². The van der Waals surface area contributed by atoms with E-state index in [0.717, 1.165) is 33.7 Å². The zero-order valence-electron chi connectivity index (χ0n) is 15.5. The molecule has 3 aromatic rings. The molecule has 0 fully saturated rings. The second-order valence-electron chi connectivity index (χ2n) is 6.21. The molecule has 1 amide bonds. The van der Waals surface area contributed by atoms with Crippen LogP contribution in [0.2, 0.25) is 0 Å². The minimum atomic E-state index is -0.0851. The number of nitrogens with zero attached hydrogens (tertiary/aromatic N) is 3. The van der Waals surface area contributed by atoms with Gasteiger partial charge in [-0.3, -0.25) is 9.36 Å². The third kappa shape index (κ3) is 4.78. The molecule has 0 aliphatic rings. The Morgan fingerprint density at radius 2 is 1.89 bits per heavy atom. The number of hydrogen-bond acceptors (Lipinski definition) is 4. The smallest absolute Gasteiger partial charge is 0.234 e. The Kier molecular flexibility index (Phi) is 6.34. The Morgan fingerprint density at radius 1 is 1.15 bits per heavy atom. The van der Waals surface area contributed by atoms with Crippen molar-refractivity contribution in [1.29, 1.82) is 0 Å². The van der Waals surface area contributed by atoms with Gasteiger partial charge in [0.15, 0.2) is 5.16 Å². The molecule has 0 atom stereocenters. The lowest BCUT2D eigenvalue weighted by Gasteiger charge is -2.10. The molecule has 5 nitrogen and oxygen atoms in total. The van der Waals surface area contributed by atoms with Gasteiger partial charge in [-0.25, -0.2) is 0 Å². The minimum absolute atomic E-state index is 0.0851. The van der Waals surface area contributed by atoms with E-state index in [1.165, 1.54) is 17.3 Å². The Bertz CT molecular complexity index is 953. The van der Waals surface area contributed by atoms with Crippen LogP contribution in [-0.4, -0.2) is 26.4 Å². The molecular weight excluding hydrogens is 424 g/mol. The lowest BCUT2D eigenvalue weighted by Crippen LogP contribution is -2.15. The summed E-state index contributed by atoms with van der Waals surface area (Å²) in [5.74, 6) is 0.965. The van der Waals surface area contributed by atoms with Crippen molar-refractivity contribution in [2.45, 2.75) is 32.3 Å². The normalized spacial score (nSPS) is 10.8. The lowest BCUT2D eigenvalue weighted by molar-refractivity contribution is -0.113. The average Bonchev–Trinajstić information content (AvgIpc) is 3.03. The summed E-state index contributed by atoms with van der Waals surface area (Å²) in [5.41, 5.74) is 4.17. The van der Waals surface area contributed by atoms with Gasteiger partial charge in [0.2, 0.25) is 5.91 Å². The van der Waals surface area contributed by atoms with E-state index < -0.39 is 0 Å². The Morgan fingerprint density at radius 3 is 2.56 bits per heavy atom. The molecule has 7 heteroatoms. The first kappa shape index (κ1) is 19.6. The van der Waals surface area contributed by atoms with Crippen molar-refractivity contribution in [3.8, 4) is 5.69 Å². The molecule has 0 radical (unpaired) electrons. The van der Waals surface area contributed by atoms with Crippen LogP contribution in [0, 0.1) is 13.8 Å². The third-order valence-electron chi connectivity index (χ3n) is 4.13. The van der Waals surface area contributed by atoms with Crippen molar-refractivity contribution >= 4 is 39.3 Å². The maximum absolute atomic E-state index is 12.4. The summed E-state index contributed by atoms with van der Waals surface area (Å²) >= 11 is 4.85. The van der Waals surface area contributed by atoms with Crippen LogP contribution in [0.3, 0.4) is 0 Å². The van der Waals surface area contributed by atoms with E-state index in [1.54, 1.807) is 0 Å². The van der Waals surface area contributed by atoms with Gasteiger partial charge >= 0.3 is 0 Å². The van der Waals surface area contributed by atoms with Crippen molar-refractivity contribution < 1.29 is 4.79 Å². The van der Waals surface area contributed by atoms with Crippen molar-refractivity contribution in [2.75, 3.05) is 11.1 Å². The van der Waals surface area contributed by atoms with Gasteiger partial charge in [0.25, 0.3) is 0 Å². The number of rotatable bonds is 6. The number of aryl methyl sites for hydroxylation is 3. The van der Waals surface area contributed by atoms with Crippen LogP contribution >= 0.6 is 27.7 Å². The highest BCUT2D eigenvalue weighted by molar-refractivity contribution is 9.10. The molecule has 0 unspecified atom stereocenters. The molecule has 1 aromatic heterocycles. The molecule has 3 rings (SSSR count). The highest BCUT2D eigenvalue weighted by Gasteiger charge is 2.14. The predicted octanol–water partition coefficient (Wildman–Crippen LogP) is 4.94. The van der Waals surface area contributed by atoms with E-state index >= 15 is 0 Å². The summed E-state index contributed by atoms with van der Waals surface area (Å²) in [6, 6.07) is 14.2. The van der Waals surface area contributed by atoms with Gasteiger partial charge in [-0.05, 0) is 71.6 Å². The van der Waals surface area contributed by atoms with Crippen LogP contribution in [0.4, 0.5) is 5.69 Å². The van der Waals surface area contributed by atoms with Gasteiger partial charge in [-0.15, -0.1) is 10.2 Å². The molecule has 1 N–H and O–H groups in total. The summed E-state index contributed by atoms with van der Waals surface area (Å²) in [6.45, 7) is 6.05. The molecule has 0 bridgehead atoms. The Balaban J connectivity index is 1.70. The number of thioether (sulfide) groups is 1. The maximum Gasteiger partial charge on any atom is 0.234 e. The summed E-state index contributed by atoms with van der Waals surface area (Å²) in [7, 11) is 0. The number of benzene rings is 2. The van der Waals surface area contributed by atoms with Crippen molar-refractivity contribution in [3.63, 3.8) is 0 Å². The number of halogens is 1. The number of carbonyl (C=O) groups is 1. The first-order chi connectivity index (χ1) is 13.0. The molecule has 27 heavy (non-hydrogen) atoms. The Hall–Kier alpha value is -2.12. The summed E-state index contributed by atoms with van der Waals surface area (Å²) in [4.78, 5) is 12.4. The van der Waals surface area contributed by atoms with E-state index in [-0.39, 0.29) is 11.7 Å². The largest absolute Gasteiger partial charge is 0.324 e. The number of amides is 1. The van der Waals surface area contributed by atoms with Crippen molar-refractivity contribution in [1.82, 2.24) is 14.8 Å². The first-order valence-electron chi connectivity index (χ1n) is 8.68. The van der Waals surface area contributed by atoms with Gasteiger partial charge in [0.1, 0.15) is 5.82 Å². The number of carbonyl (C=O) groups excluding carboxylic acids is 1. The monoisotopic (exact) mass is 444 g/mol. The zero-order valence-corrected chi connectivity index (χ0v) is 17.9. The standard InChI is InChI=1S/C20H21BrN4OS/c1-4-15-6-8-16(9-7-15)25-14(3)23-24-20(25)27-12-19(26)22-18-10-5-13(2)11-17(18)21/h5-11H,4,12H2,1-3H3,(H,22,26). The molecule has 2 aromatic carbocycles. The van der Waals surface area contributed by atoms with Crippen LogP contribution in [0.25, 0.3) is 5.69 Å². The van der Waals surface area contributed by atoms with E-state index in [9.17, 15) is 4.79 Å². The molecule has 0 saturated carbocycles. The van der Waals surface area contributed by atoms with E-state index in [2.05, 4.69) is 62.6 Å². The second-order valence-corrected chi connectivity index (χ2v) is 8.00. The topological polar surface area (TPSA) is 59.8 Å². The van der Waals surface area contributed by atoms with Crippen molar-refractivity contribution in [3.05, 3.63) is 63.9 Å². The van der Waals surface area contributed by atoms with Crippen LogP contribution in [0.1, 0.15) is 23.9 Å². The molecule has 0 saturated heterocycles. The fourth-order valence-corrected chi connectivity index (χ4v) is 4.04. The number of anilines is 1. The van der Waals surface area contributed by atoms with Gasteiger partial charge < -0.3 is 5.32 Å². The summed E-state index contributed by atoms with van der Waals surface area (Å²) < 4.78 is 2.84. The van der Waals surface area contributed by atoms with E-state index in [1.807, 2.05) is 36.6 Å². The summed E-state index contributed by atoms with van der Waals surface area (Å²) in [5, 5.41) is 12.0. The third-order valence-corrected chi connectivity index (χ3v) is 5.71. The lowest BCUT2D eigenvalue weighted by atomic mass is 10.1. The minimum Gasteiger partial charge on any atom is -0.324 e. The maximum atomic E-state index is 12.4. The fraction of sp³-hybridized carbons (Fsp3) is 0.250.